The molecule has 3 aromatic heterocycles. The molecule has 0 unspecified atom stereocenters. The van der Waals surface area contributed by atoms with Crippen molar-refractivity contribution in [3.8, 4) is 16.7 Å². The first-order valence-corrected chi connectivity index (χ1v) is 7.28. The molecule has 1 amide bonds. The van der Waals surface area contributed by atoms with Crippen LogP contribution < -0.4 is 10.1 Å². The summed E-state index contributed by atoms with van der Waals surface area (Å²) in [5, 5.41) is 7.13. The van der Waals surface area contributed by atoms with Crippen LogP contribution in [0.2, 0.25) is 0 Å². The first-order valence-electron chi connectivity index (χ1n) is 6.46. The summed E-state index contributed by atoms with van der Waals surface area (Å²) in [6, 6.07) is 5.26. The van der Waals surface area contributed by atoms with Crippen molar-refractivity contribution in [1.29, 1.82) is 0 Å². The molecule has 3 rings (SSSR count). The highest BCUT2D eigenvalue weighted by Crippen LogP contribution is 2.24. The number of aromatic nitrogens is 2. The highest BCUT2D eigenvalue weighted by molar-refractivity contribution is 7.15. The number of amides is 1. The quantitative estimate of drug-likeness (QED) is 0.777. The fourth-order valence-electron chi connectivity index (χ4n) is 1.85. The fraction of sp³-hybridized carbons (Fsp3) is 0.214. The molecule has 114 valence electrons. The van der Waals surface area contributed by atoms with Crippen LogP contribution in [0.4, 0.5) is 0 Å². The standard InChI is InChI=1S/C14H13N3O4S/c1-8-12(22-14(16-8)19-2)13(18)15-7-9-6-11(21-17-9)10-4-3-5-20-10/h3-6H,7H2,1-2H3,(H,15,18). The molecule has 0 bridgehead atoms. The van der Waals surface area contributed by atoms with Gasteiger partial charge in [-0.25, -0.2) is 4.98 Å². The lowest BCUT2D eigenvalue weighted by molar-refractivity contribution is 0.0953. The number of nitrogens with zero attached hydrogens (tertiary/aromatic N) is 2. The predicted octanol–water partition coefficient (Wildman–Crippen LogP) is 2.64. The van der Waals surface area contributed by atoms with Crippen molar-refractivity contribution in [2.75, 3.05) is 7.11 Å². The number of thiazole rings is 1. The Bertz CT molecular complexity index is 776. The van der Waals surface area contributed by atoms with Crippen LogP contribution in [0.15, 0.2) is 33.4 Å². The predicted molar refractivity (Wildman–Crippen MR) is 78.8 cm³/mol. The molecule has 3 aromatic rings. The number of furan rings is 1. The van der Waals surface area contributed by atoms with Crippen LogP contribution in [0.3, 0.4) is 0 Å². The van der Waals surface area contributed by atoms with Crippen molar-refractivity contribution in [2.24, 2.45) is 0 Å². The van der Waals surface area contributed by atoms with Gasteiger partial charge in [0.2, 0.25) is 5.76 Å². The number of nitrogens with one attached hydrogen (secondary N) is 1. The van der Waals surface area contributed by atoms with E-state index in [0.29, 0.717) is 33.0 Å². The Morgan fingerprint density at radius 3 is 3.00 bits per heavy atom. The van der Waals surface area contributed by atoms with Crippen LogP contribution in [0, 0.1) is 6.92 Å². The van der Waals surface area contributed by atoms with E-state index < -0.39 is 0 Å². The molecular weight excluding hydrogens is 306 g/mol. The van der Waals surface area contributed by atoms with E-state index in [0.717, 1.165) is 0 Å². The zero-order valence-corrected chi connectivity index (χ0v) is 12.8. The number of ether oxygens (including phenoxy) is 1. The van der Waals surface area contributed by atoms with E-state index in [-0.39, 0.29) is 12.5 Å². The molecule has 0 radical (unpaired) electrons. The van der Waals surface area contributed by atoms with E-state index in [1.807, 2.05) is 0 Å². The summed E-state index contributed by atoms with van der Waals surface area (Å²) in [5.74, 6) is 0.888. The summed E-state index contributed by atoms with van der Waals surface area (Å²) in [4.78, 5) is 16.8. The average Bonchev–Trinajstić information content (AvgIpc) is 3.24. The molecule has 0 aliphatic rings. The van der Waals surface area contributed by atoms with Crippen molar-refractivity contribution >= 4 is 17.2 Å². The van der Waals surface area contributed by atoms with Crippen LogP contribution in [0.25, 0.3) is 11.5 Å². The molecule has 0 saturated carbocycles. The van der Waals surface area contributed by atoms with Gasteiger partial charge in [0, 0.05) is 6.07 Å². The van der Waals surface area contributed by atoms with Gasteiger partial charge in [-0.15, -0.1) is 0 Å². The molecule has 0 aromatic carbocycles. The number of carbonyl (C=O) groups is 1. The number of rotatable bonds is 5. The van der Waals surface area contributed by atoms with Crippen LogP contribution >= 0.6 is 11.3 Å². The van der Waals surface area contributed by atoms with Crippen molar-refractivity contribution in [3.05, 3.63) is 40.7 Å². The summed E-state index contributed by atoms with van der Waals surface area (Å²) in [7, 11) is 1.52. The number of hydrogen-bond donors (Lipinski definition) is 1. The van der Waals surface area contributed by atoms with Crippen molar-refractivity contribution in [3.63, 3.8) is 0 Å². The van der Waals surface area contributed by atoms with Gasteiger partial charge in [0.1, 0.15) is 10.6 Å². The van der Waals surface area contributed by atoms with Crippen molar-refractivity contribution < 1.29 is 18.5 Å². The van der Waals surface area contributed by atoms with Crippen molar-refractivity contribution in [2.45, 2.75) is 13.5 Å². The maximum Gasteiger partial charge on any atom is 0.273 e. The van der Waals surface area contributed by atoms with Gasteiger partial charge in [0.25, 0.3) is 11.1 Å². The normalized spacial score (nSPS) is 10.6. The third-order valence-electron chi connectivity index (χ3n) is 2.91. The largest absolute Gasteiger partial charge is 0.473 e. The smallest absolute Gasteiger partial charge is 0.273 e. The fourth-order valence-corrected chi connectivity index (χ4v) is 2.65. The lowest BCUT2D eigenvalue weighted by atomic mass is 10.3. The molecule has 0 spiro atoms. The van der Waals surface area contributed by atoms with Gasteiger partial charge >= 0.3 is 0 Å². The van der Waals surface area contributed by atoms with Gasteiger partial charge in [-0.3, -0.25) is 4.79 Å². The SMILES string of the molecule is COc1nc(C)c(C(=O)NCc2cc(-c3ccco3)on2)s1. The number of carbonyl (C=O) groups excluding carboxylic acids is 1. The maximum atomic E-state index is 12.1. The van der Waals surface area contributed by atoms with E-state index in [4.69, 9.17) is 13.7 Å². The van der Waals surface area contributed by atoms with Gasteiger partial charge < -0.3 is 19.0 Å². The van der Waals surface area contributed by atoms with E-state index >= 15 is 0 Å². The van der Waals surface area contributed by atoms with Crippen LogP contribution in [-0.2, 0) is 6.54 Å². The van der Waals surface area contributed by atoms with Gasteiger partial charge in [0.15, 0.2) is 5.76 Å². The Balaban J connectivity index is 1.65. The van der Waals surface area contributed by atoms with E-state index in [2.05, 4.69) is 15.5 Å². The topological polar surface area (TPSA) is 90.4 Å². The third kappa shape index (κ3) is 2.86. The number of methoxy groups -OCH3 is 1. The Morgan fingerprint density at radius 1 is 1.45 bits per heavy atom. The molecule has 3 heterocycles. The third-order valence-corrected chi connectivity index (χ3v) is 4.03. The zero-order chi connectivity index (χ0) is 15.5. The Hall–Kier alpha value is -2.61. The molecule has 0 saturated heterocycles. The Morgan fingerprint density at radius 2 is 2.32 bits per heavy atom. The summed E-state index contributed by atoms with van der Waals surface area (Å²) < 4.78 is 15.4. The highest BCUT2D eigenvalue weighted by atomic mass is 32.1. The second-order valence-corrected chi connectivity index (χ2v) is 5.40. The van der Waals surface area contributed by atoms with Crippen molar-refractivity contribution in [1.82, 2.24) is 15.5 Å². The van der Waals surface area contributed by atoms with Crippen LogP contribution in [0.1, 0.15) is 21.1 Å². The molecule has 0 atom stereocenters. The molecular formula is C14H13N3O4S. The summed E-state index contributed by atoms with van der Waals surface area (Å²) >= 11 is 1.20. The van der Waals surface area contributed by atoms with Gasteiger partial charge in [0.05, 0.1) is 25.6 Å². The van der Waals surface area contributed by atoms with Crippen LogP contribution in [0.5, 0.6) is 5.19 Å². The summed E-state index contributed by atoms with van der Waals surface area (Å²) in [6.45, 7) is 2.02. The molecule has 8 heteroatoms. The molecule has 1 N–H and O–H groups in total. The summed E-state index contributed by atoms with van der Waals surface area (Å²) in [5.41, 5.74) is 1.24. The monoisotopic (exact) mass is 319 g/mol. The molecule has 22 heavy (non-hydrogen) atoms. The molecule has 7 nitrogen and oxygen atoms in total. The lowest BCUT2D eigenvalue weighted by Crippen LogP contribution is -2.22. The minimum atomic E-state index is -0.221. The molecule has 0 fully saturated rings. The van der Waals surface area contributed by atoms with E-state index in [1.165, 1.54) is 18.4 Å². The second kappa shape index (κ2) is 6.02. The van der Waals surface area contributed by atoms with E-state index in [1.54, 1.807) is 31.4 Å². The second-order valence-electron chi connectivity index (χ2n) is 4.44. The summed E-state index contributed by atoms with van der Waals surface area (Å²) in [6.07, 6.45) is 1.55. The van der Waals surface area contributed by atoms with Gasteiger partial charge in [-0.1, -0.05) is 16.5 Å². The lowest BCUT2D eigenvalue weighted by Gasteiger charge is -2.00. The number of hydrogen-bond acceptors (Lipinski definition) is 7. The first kappa shape index (κ1) is 14.3. The minimum absolute atomic E-state index is 0.221. The van der Waals surface area contributed by atoms with Gasteiger partial charge in [-0.2, -0.15) is 0 Å². The minimum Gasteiger partial charge on any atom is -0.473 e. The van der Waals surface area contributed by atoms with E-state index in [9.17, 15) is 4.79 Å². The van der Waals surface area contributed by atoms with Crippen LogP contribution in [-0.4, -0.2) is 23.2 Å². The Labute approximate surface area is 129 Å². The zero-order valence-electron chi connectivity index (χ0n) is 12.0. The van der Waals surface area contributed by atoms with Gasteiger partial charge in [-0.05, 0) is 19.1 Å². The maximum absolute atomic E-state index is 12.1. The Kier molecular flexibility index (Phi) is 3.92. The average molecular weight is 319 g/mol. The molecule has 0 aliphatic carbocycles. The number of aryl methyl sites for hydroxylation is 1. The molecule has 0 aliphatic heterocycles. The first-order chi connectivity index (χ1) is 10.7. The highest BCUT2D eigenvalue weighted by Gasteiger charge is 2.16.